The zero-order chi connectivity index (χ0) is 13.7. The molecule has 2 aromatic rings. The standard InChI is InChI=1S/C14H15N3S2/c1-10-5-3-7-13(11(10)2)16-14(18)17-15-9-12-6-4-8-19-12/h3-9H,1-2H3,(H2,16,17,18)/b15-9+. The number of anilines is 1. The van der Waals surface area contributed by atoms with Gasteiger partial charge < -0.3 is 5.32 Å². The topological polar surface area (TPSA) is 36.4 Å². The van der Waals surface area contributed by atoms with Crippen molar-refractivity contribution in [3.8, 4) is 0 Å². The molecule has 0 aliphatic carbocycles. The zero-order valence-corrected chi connectivity index (χ0v) is 12.4. The van der Waals surface area contributed by atoms with Crippen LogP contribution in [0.1, 0.15) is 16.0 Å². The van der Waals surface area contributed by atoms with Gasteiger partial charge in [0.2, 0.25) is 0 Å². The maximum absolute atomic E-state index is 5.20. The molecule has 1 aromatic heterocycles. The predicted molar refractivity (Wildman–Crippen MR) is 87.2 cm³/mol. The highest BCUT2D eigenvalue weighted by molar-refractivity contribution is 7.80. The van der Waals surface area contributed by atoms with Crippen molar-refractivity contribution in [1.29, 1.82) is 0 Å². The highest BCUT2D eigenvalue weighted by Gasteiger charge is 2.01. The summed E-state index contributed by atoms with van der Waals surface area (Å²) in [6.45, 7) is 4.14. The van der Waals surface area contributed by atoms with Gasteiger partial charge in [-0.1, -0.05) is 18.2 Å². The summed E-state index contributed by atoms with van der Waals surface area (Å²) in [5.41, 5.74) is 6.24. The van der Waals surface area contributed by atoms with Crippen molar-refractivity contribution in [2.45, 2.75) is 13.8 Å². The van der Waals surface area contributed by atoms with E-state index in [-0.39, 0.29) is 0 Å². The lowest BCUT2D eigenvalue weighted by atomic mass is 10.1. The second kappa shape index (κ2) is 6.45. The second-order valence-corrected chi connectivity index (χ2v) is 5.47. The Labute approximate surface area is 122 Å². The molecule has 0 aliphatic heterocycles. The fraction of sp³-hybridized carbons (Fsp3) is 0.143. The van der Waals surface area contributed by atoms with Crippen molar-refractivity contribution >= 4 is 40.6 Å². The molecule has 2 N–H and O–H groups in total. The Morgan fingerprint density at radius 2 is 2.11 bits per heavy atom. The van der Waals surface area contributed by atoms with E-state index in [9.17, 15) is 0 Å². The number of hydrazone groups is 1. The molecule has 5 heteroatoms. The third-order valence-corrected chi connectivity index (χ3v) is 3.75. The third-order valence-electron chi connectivity index (χ3n) is 2.75. The molecule has 3 nitrogen and oxygen atoms in total. The lowest BCUT2D eigenvalue weighted by molar-refractivity contribution is 1.05. The first-order valence-corrected chi connectivity index (χ1v) is 7.15. The quantitative estimate of drug-likeness (QED) is 0.514. The number of benzene rings is 1. The smallest absolute Gasteiger partial charge is 0.191 e. The van der Waals surface area contributed by atoms with Crippen LogP contribution < -0.4 is 10.7 Å². The monoisotopic (exact) mass is 289 g/mol. The Hall–Kier alpha value is -1.72. The first-order valence-electron chi connectivity index (χ1n) is 5.86. The van der Waals surface area contributed by atoms with Gasteiger partial charge in [0.25, 0.3) is 0 Å². The second-order valence-electron chi connectivity index (χ2n) is 4.09. The van der Waals surface area contributed by atoms with Crippen molar-refractivity contribution in [2.75, 3.05) is 5.32 Å². The minimum atomic E-state index is 0.488. The summed E-state index contributed by atoms with van der Waals surface area (Å²) in [5, 5.41) is 9.73. The van der Waals surface area contributed by atoms with Crippen LogP contribution in [0.5, 0.6) is 0 Å². The van der Waals surface area contributed by atoms with Gasteiger partial charge in [0.05, 0.1) is 6.21 Å². The number of thiophene rings is 1. The Morgan fingerprint density at radius 3 is 2.84 bits per heavy atom. The summed E-state index contributed by atoms with van der Waals surface area (Å²) in [5.74, 6) is 0. The summed E-state index contributed by atoms with van der Waals surface area (Å²) in [7, 11) is 0. The van der Waals surface area contributed by atoms with Crippen molar-refractivity contribution in [2.24, 2.45) is 5.10 Å². The molecule has 1 aromatic carbocycles. The zero-order valence-electron chi connectivity index (χ0n) is 10.8. The minimum Gasteiger partial charge on any atom is -0.331 e. The molecular formula is C14H15N3S2. The van der Waals surface area contributed by atoms with Crippen molar-refractivity contribution in [3.63, 3.8) is 0 Å². The van der Waals surface area contributed by atoms with Crippen molar-refractivity contribution in [1.82, 2.24) is 5.43 Å². The first kappa shape index (κ1) is 13.7. The molecule has 1 heterocycles. The van der Waals surface area contributed by atoms with Crippen LogP contribution in [0, 0.1) is 13.8 Å². The van der Waals surface area contributed by atoms with E-state index in [1.807, 2.05) is 29.6 Å². The molecule has 0 unspecified atom stereocenters. The SMILES string of the molecule is Cc1cccc(NC(=S)N/N=C/c2cccs2)c1C. The molecule has 0 saturated carbocycles. The van der Waals surface area contributed by atoms with Crippen molar-refractivity contribution in [3.05, 3.63) is 51.7 Å². The van der Waals surface area contributed by atoms with E-state index in [2.05, 4.69) is 35.8 Å². The van der Waals surface area contributed by atoms with Gasteiger partial charge in [-0.2, -0.15) is 5.10 Å². The largest absolute Gasteiger partial charge is 0.331 e. The lowest BCUT2D eigenvalue weighted by Crippen LogP contribution is -2.24. The number of thiocarbonyl (C=S) groups is 1. The number of rotatable bonds is 3. The Morgan fingerprint density at radius 1 is 1.26 bits per heavy atom. The number of hydrogen-bond donors (Lipinski definition) is 2. The average molecular weight is 289 g/mol. The van der Waals surface area contributed by atoms with Crippen LogP contribution in [0.2, 0.25) is 0 Å². The minimum absolute atomic E-state index is 0.488. The molecule has 0 bridgehead atoms. The normalized spacial score (nSPS) is 10.6. The molecule has 0 saturated heterocycles. The Kier molecular flexibility index (Phi) is 4.65. The molecule has 0 atom stereocenters. The molecule has 0 fully saturated rings. The number of hydrogen-bond acceptors (Lipinski definition) is 3. The maximum Gasteiger partial charge on any atom is 0.191 e. The molecule has 0 radical (unpaired) electrons. The first-order chi connectivity index (χ1) is 9.16. The fourth-order valence-electron chi connectivity index (χ4n) is 1.56. The van der Waals surface area contributed by atoms with Gasteiger partial charge >= 0.3 is 0 Å². The van der Waals surface area contributed by atoms with Gasteiger partial charge in [-0.05, 0) is 54.7 Å². The van der Waals surface area contributed by atoms with Crippen LogP contribution in [0.15, 0.2) is 40.8 Å². The van der Waals surface area contributed by atoms with Crippen LogP contribution in [-0.2, 0) is 0 Å². The van der Waals surface area contributed by atoms with E-state index in [0.29, 0.717) is 5.11 Å². The lowest BCUT2D eigenvalue weighted by Gasteiger charge is -2.11. The summed E-state index contributed by atoms with van der Waals surface area (Å²) < 4.78 is 0. The molecule has 0 spiro atoms. The van der Waals surface area contributed by atoms with Crippen molar-refractivity contribution < 1.29 is 0 Å². The van der Waals surface area contributed by atoms with Crippen LogP contribution >= 0.6 is 23.6 Å². The average Bonchev–Trinajstić information content (AvgIpc) is 2.88. The van der Waals surface area contributed by atoms with E-state index < -0.39 is 0 Å². The molecule has 0 aliphatic rings. The third kappa shape index (κ3) is 3.87. The highest BCUT2D eigenvalue weighted by atomic mass is 32.1. The molecule has 98 valence electrons. The molecule has 0 amide bonds. The van der Waals surface area contributed by atoms with Gasteiger partial charge in [0, 0.05) is 10.6 Å². The number of nitrogens with one attached hydrogen (secondary N) is 2. The molecular weight excluding hydrogens is 274 g/mol. The van der Waals surface area contributed by atoms with Crippen LogP contribution in [0.4, 0.5) is 5.69 Å². The summed E-state index contributed by atoms with van der Waals surface area (Å²) in [4.78, 5) is 1.09. The predicted octanol–water partition coefficient (Wildman–Crippen LogP) is 3.69. The summed E-state index contributed by atoms with van der Waals surface area (Å²) in [6, 6.07) is 10.1. The number of nitrogens with zero attached hydrogens (tertiary/aromatic N) is 1. The number of aryl methyl sites for hydroxylation is 1. The summed E-state index contributed by atoms with van der Waals surface area (Å²) >= 11 is 6.83. The van der Waals surface area contributed by atoms with E-state index in [1.54, 1.807) is 17.6 Å². The highest BCUT2D eigenvalue weighted by Crippen LogP contribution is 2.17. The van der Waals surface area contributed by atoms with Gasteiger partial charge in [-0.15, -0.1) is 11.3 Å². The van der Waals surface area contributed by atoms with E-state index in [1.165, 1.54) is 11.1 Å². The fourth-order valence-corrected chi connectivity index (χ4v) is 2.30. The Balaban J connectivity index is 1.93. The van der Waals surface area contributed by atoms with Crippen LogP contribution in [0.25, 0.3) is 0 Å². The maximum atomic E-state index is 5.20. The van der Waals surface area contributed by atoms with Crippen LogP contribution in [-0.4, -0.2) is 11.3 Å². The molecule has 19 heavy (non-hydrogen) atoms. The van der Waals surface area contributed by atoms with E-state index >= 15 is 0 Å². The van der Waals surface area contributed by atoms with Gasteiger partial charge in [-0.3, -0.25) is 5.43 Å². The molecule has 2 rings (SSSR count). The van der Waals surface area contributed by atoms with Gasteiger partial charge in [-0.25, -0.2) is 0 Å². The Bertz CT molecular complexity index is 589. The van der Waals surface area contributed by atoms with E-state index in [0.717, 1.165) is 10.6 Å². The van der Waals surface area contributed by atoms with Gasteiger partial charge in [0.15, 0.2) is 5.11 Å². The van der Waals surface area contributed by atoms with Gasteiger partial charge in [0.1, 0.15) is 0 Å². The van der Waals surface area contributed by atoms with Crippen LogP contribution in [0.3, 0.4) is 0 Å². The van der Waals surface area contributed by atoms with E-state index in [4.69, 9.17) is 12.2 Å². The summed E-state index contributed by atoms with van der Waals surface area (Å²) in [6.07, 6.45) is 1.75.